The Morgan fingerprint density at radius 3 is 2.37 bits per heavy atom. The Bertz CT molecular complexity index is 1160. The molecule has 1 heterocycles. The number of benzene rings is 2. The van der Waals surface area contributed by atoms with Gasteiger partial charge in [0.15, 0.2) is 6.10 Å². The van der Waals surface area contributed by atoms with Crippen molar-refractivity contribution in [2.24, 2.45) is 0 Å². The van der Waals surface area contributed by atoms with Crippen LogP contribution in [0, 0.1) is 0 Å². The molecule has 0 radical (unpaired) electrons. The van der Waals surface area contributed by atoms with Gasteiger partial charge in [0.05, 0.1) is 11.7 Å². The quantitative estimate of drug-likeness (QED) is 0.344. The summed E-state index contributed by atoms with van der Waals surface area (Å²) in [6.45, 7) is 0. The molecule has 4 rings (SSSR count). The molecular formula is C23H24ClF3N4O4. The molecule has 1 aliphatic rings. The number of aromatic nitrogens is 2. The van der Waals surface area contributed by atoms with Crippen LogP contribution in [0.4, 0.5) is 18.9 Å². The van der Waals surface area contributed by atoms with Gasteiger partial charge in [0.25, 0.3) is 5.91 Å². The van der Waals surface area contributed by atoms with Crippen LogP contribution in [0.5, 0.6) is 0 Å². The fourth-order valence-corrected chi connectivity index (χ4v) is 3.96. The second kappa shape index (κ2) is 11.4. The highest BCUT2D eigenvalue weighted by atomic mass is 35.5. The number of aliphatic carboxylic acids is 1. The number of H-pyrrole nitrogens is 1. The molecule has 0 spiro atoms. The number of alkyl halides is 3. The monoisotopic (exact) mass is 512 g/mol. The molecule has 3 aromatic rings. The van der Waals surface area contributed by atoms with Crippen LogP contribution in [0.3, 0.4) is 0 Å². The highest BCUT2D eigenvalue weighted by Crippen LogP contribution is 2.25. The standard InChI is InChI=1S/C21H23ClN4O2.C2HF3O2/c22-15-3-1-2-13(10-15)20(27)21(28)25-17-6-4-16(5-7-17)24-18-8-9-19-14(11-18)12-23-26-19;3-2(4,5)1(6)7/h1-3,8-12,16-17,20,24,27H,4-7H2,(H,23,26)(H,25,28);(H,6,7)/t16?,17?,20-;/m1./s1. The minimum absolute atomic E-state index is 0.0794. The van der Waals surface area contributed by atoms with E-state index < -0.39 is 18.2 Å². The van der Waals surface area contributed by atoms with Crippen LogP contribution < -0.4 is 10.6 Å². The van der Waals surface area contributed by atoms with E-state index in [1.165, 1.54) is 0 Å². The maximum absolute atomic E-state index is 12.4. The number of carboxylic acids is 1. The van der Waals surface area contributed by atoms with Gasteiger partial charge in [0, 0.05) is 28.2 Å². The first-order chi connectivity index (χ1) is 16.5. The van der Waals surface area contributed by atoms with Gasteiger partial charge in [-0.15, -0.1) is 0 Å². The molecule has 5 N–H and O–H groups in total. The fourth-order valence-electron chi connectivity index (χ4n) is 3.76. The van der Waals surface area contributed by atoms with Crippen molar-refractivity contribution in [3.05, 3.63) is 59.2 Å². The number of nitrogens with zero attached hydrogens (tertiary/aromatic N) is 1. The maximum atomic E-state index is 12.4. The number of rotatable bonds is 5. The molecule has 35 heavy (non-hydrogen) atoms. The van der Waals surface area contributed by atoms with Crippen molar-refractivity contribution in [1.82, 2.24) is 15.5 Å². The molecule has 0 aliphatic heterocycles. The first kappa shape index (κ1) is 26.3. The van der Waals surface area contributed by atoms with Crippen molar-refractivity contribution in [2.45, 2.75) is 50.0 Å². The van der Waals surface area contributed by atoms with Gasteiger partial charge in [-0.25, -0.2) is 4.79 Å². The van der Waals surface area contributed by atoms with Crippen molar-refractivity contribution in [2.75, 3.05) is 5.32 Å². The average Bonchev–Trinajstić information content (AvgIpc) is 3.27. The summed E-state index contributed by atoms with van der Waals surface area (Å²) in [4.78, 5) is 21.3. The van der Waals surface area contributed by atoms with Crippen molar-refractivity contribution >= 4 is 40.1 Å². The molecule has 2 aromatic carbocycles. The Labute approximate surface area is 203 Å². The summed E-state index contributed by atoms with van der Waals surface area (Å²) in [6, 6.07) is 13.4. The Balaban J connectivity index is 0.000000429. The number of anilines is 1. The molecule has 1 atom stereocenters. The lowest BCUT2D eigenvalue weighted by Gasteiger charge is -2.30. The zero-order chi connectivity index (χ0) is 25.6. The summed E-state index contributed by atoms with van der Waals surface area (Å²) in [5.41, 5.74) is 2.61. The fraction of sp³-hybridized carbons (Fsp3) is 0.348. The van der Waals surface area contributed by atoms with E-state index in [0.717, 1.165) is 42.3 Å². The SMILES string of the molecule is O=C(NC1CCC(Nc2ccc3[nH]ncc3c2)CC1)[C@H](O)c1cccc(Cl)c1.O=C(O)C(F)(F)F. The van der Waals surface area contributed by atoms with E-state index in [1.54, 1.807) is 24.3 Å². The Morgan fingerprint density at radius 2 is 1.74 bits per heavy atom. The van der Waals surface area contributed by atoms with Crippen LogP contribution in [0.15, 0.2) is 48.7 Å². The summed E-state index contributed by atoms with van der Waals surface area (Å²) in [5.74, 6) is -3.13. The largest absolute Gasteiger partial charge is 0.490 e. The van der Waals surface area contributed by atoms with E-state index >= 15 is 0 Å². The van der Waals surface area contributed by atoms with Crippen LogP contribution in [-0.4, -0.2) is 50.5 Å². The van der Waals surface area contributed by atoms with Crippen molar-refractivity contribution in [3.63, 3.8) is 0 Å². The summed E-state index contributed by atoms with van der Waals surface area (Å²) in [6.07, 6.45) is -0.794. The zero-order valence-corrected chi connectivity index (χ0v) is 19.1. The minimum Gasteiger partial charge on any atom is -0.475 e. The smallest absolute Gasteiger partial charge is 0.475 e. The number of aromatic amines is 1. The predicted molar refractivity (Wildman–Crippen MR) is 124 cm³/mol. The van der Waals surface area contributed by atoms with Crippen LogP contribution >= 0.6 is 11.6 Å². The number of fused-ring (bicyclic) bond motifs is 1. The summed E-state index contributed by atoms with van der Waals surface area (Å²) in [7, 11) is 0. The highest BCUT2D eigenvalue weighted by Gasteiger charge is 2.38. The molecule has 1 saturated carbocycles. The third-order valence-electron chi connectivity index (χ3n) is 5.54. The lowest BCUT2D eigenvalue weighted by Crippen LogP contribution is -2.42. The molecule has 0 bridgehead atoms. The van der Waals surface area contributed by atoms with E-state index in [4.69, 9.17) is 21.5 Å². The van der Waals surface area contributed by atoms with Crippen LogP contribution in [0.1, 0.15) is 37.4 Å². The molecular weight excluding hydrogens is 489 g/mol. The Hall–Kier alpha value is -3.31. The lowest BCUT2D eigenvalue weighted by atomic mass is 9.90. The molecule has 188 valence electrons. The van der Waals surface area contributed by atoms with Gasteiger partial charge in [-0.05, 0) is 61.6 Å². The van der Waals surface area contributed by atoms with Gasteiger partial charge in [0.1, 0.15) is 0 Å². The lowest BCUT2D eigenvalue weighted by molar-refractivity contribution is -0.192. The van der Waals surface area contributed by atoms with E-state index in [9.17, 15) is 23.1 Å². The zero-order valence-electron chi connectivity index (χ0n) is 18.3. The van der Waals surface area contributed by atoms with Gasteiger partial charge in [-0.3, -0.25) is 9.89 Å². The highest BCUT2D eigenvalue weighted by molar-refractivity contribution is 6.30. The van der Waals surface area contributed by atoms with E-state index in [0.29, 0.717) is 16.6 Å². The van der Waals surface area contributed by atoms with Crippen molar-refractivity contribution in [1.29, 1.82) is 0 Å². The van der Waals surface area contributed by atoms with Crippen LogP contribution in [0.2, 0.25) is 5.02 Å². The number of amides is 1. The molecule has 12 heteroatoms. The number of hydrogen-bond donors (Lipinski definition) is 5. The van der Waals surface area contributed by atoms with Crippen molar-refractivity contribution in [3.8, 4) is 0 Å². The number of aliphatic hydroxyl groups excluding tert-OH is 1. The van der Waals surface area contributed by atoms with E-state index in [1.807, 2.05) is 12.3 Å². The second-order valence-corrected chi connectivity index (χ2v) is 8.57. The summed E-state index contributed by atoms with van der Waals surface area (Å²) < 4.78 is 31.7. The second-order valence-electron chi connectivity index (χ2n) is 8.13. The minimum atomic E-state index is -5.08. The maximum Gasteiger partial charge on any atom is 0.490 e. The van der Waals surface area contributed by atoms with Crippen LogP contribution in [0.25, 0.3) is 10.9 Å². The van der Waals surface area contributed by atoms with Gasteiger partial charge in [-0.2, -0.15) is 18.3 Å². The normalized spacial score (nSPS) is 18.8. The molecule has 8 nitrogen and oxygen atoms in total. The average molecular weight is 513 g/mol. The third kappa shape index (κ3) is 7.59. The van der Waals surface area contributed by atoms with Gasteiger partial charge in [0.2, 0.25) is 0 Å². The number of aliphatic hydroxyl groups is 1. The van der Waals surface area contributed by atoms with Crippen LogP contribution in [-0.2, 0) is 9.59 Å². The number of carboxylic acid groups (broad SMARTS) is 1. The predicted octanol–water partition coefficient (Wildman–Crippen LogP) is 4.42. The number of carbonyl (C=O) groups is 2. The summed E-state index contributed by atoms with van der Waals surface area (Å²) in [5, 5.41) is 32.5. The first-order valence-electron chi connectivity index (χ1n) is 10.8. The van der Waals surface area contributed by atoms with E-state index in [-0.39, 0.29) is 11.9 Å². The van der Waals surface area contributed by atoms with Gasteiger partial charge in [-0.1, -0.05) is 23.7 Å². The first-order valence-corrected chi connectivity index (χ1v) is 11.1. The Kier molecular flexibility index (Phi) is 8.57. The molecule has 1 fully saturated rings. The number of hydrogen-bond acceptors (Lipinski definition) is 5. The molecule has 0 unspecified atom stereocenters. The molecule has 0 saturated heterocycles. The third-order valence-corrected chi connectivity index (χ3v) is 5.77. The molecule has 1 aromatic heterocycles. The van der Waals surface area contributed by atoms with Gasteiger partial charge < -0.3 is 20.8 Å². The number of carbonyl (C=O) groups excluding carboxylic acids is 1. The topological polar surface area (TPSA) is 127 Å². The Morgan fingerprint density at radius 1 is 1.09 bits per heavy atom. The van der Waals surface area contributed by atoms with E-state index in [2.05, 4.69) is 33.0 Å². The van der Waals surface area contributed by atoms with Crippen molar-refractivity contribution < 1.29 is 33.0 Å². The molecule has 1 aliphatic carbocycles. The number of nitrogens with one attached hydrogen (secondary N) is 3. The summed E-state index contributed by atoms with van der Waals surface area (Å²) >= 11 is 5.94. The van der Waals surface area contributed by atoms with Gasteiger partial charge >= 0.3 is 12.1 Å². The molecule has 1 amide bonds. The number of halogens is 4.